The summed E-state index contributed by atoms with van der Waals surface area (Å²) in [4.78, 5) is 13.7. The maximum absolute atomic E-state index is 11.9. The van der Waals surface area contributed by atoms with Crippen molar-refractivity contribution in [3.8, 4) is 0 Å². The van der Waals surface area contributed by atoms with Crippen molar-refractivity contribution in [2.75, 3.05) is 19.7 Å². The Morgan fingerprint density at radius 3 is 3.00 bits per heavy atom. The third-order valence-electron chi connectivity index (χ3n) is 2.94. The quantitative estimate of drug-likeness (QED) is 0.694. The van der Waals surface area contributed by atoms with Crippen molar-refractivity contribution in [3.63, 3.8) is 0 Å². The standard InChI is InChI=1S/C11H22N2O2/c1-3-12-9(2)7-11(15)13-6-4-5-10(13)8-14/h9-10,12,14H,3-8H2,1-2H3/t9?,10-/m1/s1. The van der Waals surface area contributed by atoms with Crippen LogP contribution in [0.15, 0.2) is 0 Å². The van der Waals surface area contributed by atoms with E-state index < -0.39 is 0 Å². The van der Waals surface area contributed by atoms with E-state index in [9.17, 15) is 4.79 Å². The largest absolute Gasteiger partial charge is 0.394 e. The molecule has 0 radical (unpaired) electrons. The molecule has 88 valence electrons. The molecule has 0 aromatic heterocycles. The van der Waals surface area contributed by atoms with Crippen LogP contribution in [0.3, 0.4) is 0 Å². The lowest BCUT2D eigenvalue weighted by atomic mass is 10.2. The van der Waals surface area contributed by atoms with Gasteiger partial charge in [-0.05, 0) is 26.3 Å². The van der Waals surface area contributed by atoms with Crippen LogP contribution in [0.5, 0.6) is 0 Å². The molecule has 1 saturated heterocycles. The molecule has 0 bridgehead atoms. The molecule has 0 saturated carbocycles. The highest BCUT2D eigenvalue weighted by molar-refractivity contribution is 5.77. The maximum Gasteiger partial charge on any atom is 0.224 e. The van der Waals surface area contributed by atoms with E-state index in [1.165, 1.54) is 0 Å². The Kier molecular flexibility index (Phi) is 5.05. The van der Waals surface area contributed by atoms with E-state index in [0.29, 0.717) is 6.42 Å². The minimum atomic E-state index is 0.0614. The van der Waals surface area contributed by atoms with E-state index in [0.717, 1.165) is 25.9 Å². The first kappa shape index (κ1) is 12.5. The molecule has 1 fully saturated rings. The van der Waals surface area contributed by atoms with E-state index in [1.54, 1.807) is 0 Å². The summed E-state index contributed by atoms with van der Waals surface area (Å²) in [5, 5.41) is 12.3. The van der Waals surface area contributed by atoms with Crippen molar-refractivity contribution in [2.45, 2.75) is 45.2 Å². The van der Waals surface area contributed by atoms with Crippen LogP contribution < -0.4 is 5.32 Å². The predicted octanol–water partition coefficient (Wildman–Crippen LogP) is 0.358. The topological polar surface area (TPSA) is 52.6 Å². The molecule has 1 unspecified atom stereocenters. The normalized spacial score (nSPS) is 23.1. The zero-order valence-electron chi connectivity index (χ0n) is 9.70. The number of hydrogen-bond acceptors (Lipinski definition) is 3. The first-order valence-corrected chi connectivity index (χ1v) is 5.82. The van der Waals surface area contributed by atoms with Crippen molar-refractivity contribution in [2.24, 2.45) is 0 Å². The minimum absolute atomic E-state index is 0.0614. The molecule has 0 aromatic carbocycles. The second-order valence-electron chi connectivity index (χ2n) is 4.23. The third-order valence-corrected chi connectivity index (χ3v) is 2.94. The van der Waals surface area contributed by atoms with Gasteiger partial charge in [0, 0.05) is 19.0 Å². The summed E-state index contributed by atoms with van der Waals surface area (Å²) in [6.45, 7) is 5.85. The van der Waals surface area contributed by atoms with Gasteiger partial charge in [0.2, 0.25) is 5.91 Å². The molecule has 0 spiro atoms. The number of carbonyl (C=O) groups is 1. The van der Waals surface area contributed by atoms with Crippen LogP contribution in [0.4, 0.5) is 0 Å². The van der Waals surface area contributed by atoms with Gasteiger partial charge in [-0.15, -0.1) is 0 Å². The fraction of sp³-hybridized carbons (Fsp3) is 0.909. The highest BCUT2D eigenvalue weighted by Gasteiger charge is 2.28. The van der Waals surface area contributed by atoms with Crippen LogP contribution in [-0.2, 0) is 4.79 Å². The highest BCUT2D eigenvalue weighted by Crippen LogP contribution is 2.17. The number of hydrogen-bond donors (Lipinski definition) is 2. The van der Waals surface area contributed by atoms with E-state index in [4.69, 9.17) is 5.11 Å². The lowest BCUT2D eigenvalue weighted by Gasteiger charge is -2.24. The van der Waals surface area contributed by atoms with Crippen molar-refractivity contribution in [1.29, 1.82) is 0 Å². The number of nitrogens with one attached hydrogen (secondary N) is 1. The molecular weight excluding hydrogens is 192 g/mol. The molecule has 1 aliphatic rings. The highest BCUT2D eigenvalue weighted by atomic mass is 16.3. The van der Waals surface area contributed by atoms with Gasteiger partial charge in [-0.1, -0.05) is 6.92 Å². The third kappa shape index (κ3) is 3.47. The average Bonchev–Trinajstić information content (AvgIpc) is 2.65. The molecule has 4 heteroatoms. The molecule has 1 aliphatic heterocycles. The van der Waals surface area contributed by atoms with Gasteiger partial charge in [0.1, 0.15) is 0 Å². The van der Waals surface area contributed by atoms with Crippen LogP contribution in [-0.4, -0.2) is 47.7 Å². The van der Waals surface area contributed by atoms with Gasteiger partial charge in [0.15, 0.2) is 0 Å². The molecule has 0 aliphatic carbocycles. The van der Waals surface area contributed by atoms with Crippen LogP contribution >= 0.6 is 0 Å². The van der Waals surface area contributed by atoms with Crippen LogP contribution in [0.25, 0.3) is 0 Å². The molecule has 1 amide bonds. The summed E-state index contributed by atoms with van der Waals surface area (Å²) in [6.07, 6.45) is 2.49. The predicted molar refractivity (Wildman–Crippen MR) is 59.6 cm³/mol. The zero-order chi connectivity index (χ0) is 11.3. The minimum Gasteiger partial charge on any atom is -0.394 e. The van der Waals surface area contributed by atoms with Gasteiger partial charge in [-0.3, -0.25) is 4.79 Å². The SMILES string of the molecule is CCNC(C)CC(=O)N1CCC[C@@H]1CO. The Labute approximate surface area is 91.6 Å². The van der Waals surface area contributed by atoms with Crippen molar-refractivity contribution >= 4 is 5.91 Å². The molecule has 0 aromatic rings. The number of carbonyl (C=O) groups excluding carboxylic acids is 1. The van der Waals surface area contributed by atoms with Crippen LogP contribution in [0.1, 0.15) is 33.1 Å². The Morgan fingerprint density at radius 1 is 1.67 bits per heavy atom. The molecule has 2 atom stereocenters. The number of aliphatic hydroxyl groups is 1. The molecule has 15 heavy (non-hydrogen) atoms. The van der Waals surface area contributed by atoms with Crippen LogP contribution in [0, 0.1) is 0 Å². The number of rotatable bonds is 5. The van der Waals surface area contributed by atoms with Gasteiger partial charge < -0.3 is 15.3 Å². The number of likely N-dealkylation sites (tertiary alicyclic amines) is 1. The Morgan fingerprint density at radius 2 is 2.40 bits per heavy atom. The monoisotopic (exact) mass is 214 g/mol. The molecule has 2 N–H and O–H groups in total. The first-order chi connectivity index (χ1) is 7.19. The molecule has 1 heterocycles. The lowest BCUT2D eigenvalue weighted by Crippen LogP contribution is -2.41. The first-order valence-electron chi connectivity index (χ1n) is 5.82. The number of aliphatic hydroxyl groups excluding tert-OH is 1. The summed E-state index contributed by atoms with van der Waals surface area (Å²) < 4.78 is 0. The lowest BCUT2D eigenvalue weighted by molar-refractivity contribution is -0.133. The number of nitrogens with zero attached hydrogens (tertiary/aromatic N) is 1. The Balaban J connectivity index is 2.38. The second-order valence-corrected chi connectivity index (χ2v) is 4.23. The summed E-state index contributed by atoms with van der Waals surface area (Å²) in [6, 6.07) is 0.286. The molecular formula is C11H22N2O2. The summed E-state index contributed by atoms with van der Waals surface area (Å²) >= 11 is 0. The van der Waals surface area contributed by atoms with Gasteiger partial charge in [-0.25, -0.2) is 0 Å². The molecule has 4 nitrogen and oxygen atoms in total. The summed E-state index contributed by atoms with van der Waals surface area (Å²) in [7, 11) is 0. The fourth-order valence-corrected chi connectivity index (χ4v) is 2.15. The van der Waals surface area contributed by atoms with Crippen molar-refractivity contribution in [3.05, 3.63) is 0 Å². The van der Waals surface area contributed by atoms with E-state index in [2.05, 4.69) is 5.32 Å². The smallest absolute Gasteiger partial charge is 0.224 e. The number of amides is 1. The van der Waals surface area contributed by atoms with Crippen molar-refractivity contribution in [1.82, 2.24) is 10.2 Å². The maximum atomic E-state index is 11.9. The average molecular weight is 214 g/mol. The fourth-order valence-electron chi connectivity index (χ4n) is 2.15. The Hall–Kier alpha value is -0.610. The summed E-state index contributed by atoms with van der Waals surface area (Å²) in [5.41, 5.74) is 0. The van der Waals surface area contributed by atoms with Gasteiger partial charge in [-0.2, -0.15) is 0 Å². The summed E-state index contributed by atoms with van der Waals surface area (Å²) in [5.74, 6) is 0.167. The van der Waals surface area contributed by atoms with Crippen molar-refractivity contribution < 1.29 is 9.90 Å². The van der Waals surface area contributed by atoms with E-state index in [-0.39, 0.29) is 24.6 Å². The molecule has 1 rings (SSSR count). The second kappa shape index (κ2) is 6.08. The van der Waals surface area contributed by atoms with Crippen LogP contribution in [0.2, 0.25) is 0 Å². The van der Waals surface area contributed by atoms with Gasteiger partial charge >= 0.3 is 0 Å². The van der Waals surface area contributed by atoms with E-state index >= 15 is 0 Å². The van der Waals surface area contributed by atoms with Gasteiger partial charge in [0.05, 0.1) is 12.6 Å². The Bertz CT molecular complexity index is 209. The zero-order valence-corrected chi connectivity index (χ0v) is 9.70. The van der Waals surface area contributed by atoms with Gasteiger partial charge in [0.25, 0.3) is 0 Å². The van der Waals surface area contributed by atoms with E-state index in [1.807, 2.05) is 18.7 Å².